The van der Waals surface area contributed by atoms with Gasteiger partial charge in [0.25, 0.3) is 0 Å². The van der Waals surface area contributed by atoms with Crippen LogP contribution in [-0.2, 0) is 9.53 Å². The number of carbonyl (C=O) groups excluding carboxylic acids is 1. The first-order chi connectivity index (χ1) is 10.1. The van der Waals surface area contributed by atoms with Crippen LogP contribution >= 0.6 is 15.9 Å². The van der Waals surface area contributed by atoms with Crippen LogP contribution in [0.4, 0.5) is 0 Å². The van der Waals surface area contributed by atoms with E-state index in [4.69, 9.17) is 4.74 Å². The van der Waals surface area contributed by atoms with Gasteiger partial charge in [0.2, 0.25) is 5.90 Å². The van der Waals surface area contributed by atoms with Gasteiger partial charge >= 0.3 is 5.97 Å². The highest BCUT2D eigenvalue weighted by molar-refractivity contribution is 9.10. The topological polar surface area (TPSA) is 38.7 Å². The van der Waals surface area contributed by atoms with Crippen molar-refractivity contribution >= 4 is 33.9 Å². The van der Waals surface area contributed by atoms with Gasteiger partial charge in [0.05, 0.1) is 0 Å². The minimum absolute atomic E-state index is 0.318. The normalized spacial score (nSPS) is 16.0. The van der Waals surface area contributed by atoms with E-state index in [0.717, 1.165) is 21.2 Å². The van der Waals surface area contributed by atoms with Crippen molar-refractivity contribution in [2.45, 2.75) is 6.92 Å². The first-order valence-electron chi connectivity index (χ1n) is 6.47. The molecule has 3 rings (SSSR count). The Morgan fingerprint density at radius 1 is 1.14 bits per heavy atom. The van der Waals surface area contributed by atoms with Crippen LogP contribution in [0.25, 0.3) is 6.08 Å². The monoisotopic (exact) mass is 341 g/mol. The minimum atomic E-state index is -0.422. The Hall–Kier alpha value is -2.20. The molecule has 0 saturated carbocycles. The lowest BCUT2D eigenvalue weighted by Gasteiger charge is -1.98. The van der Waals surface area contributed by atoms with Crippen molar-refractivity contribution < 1.29 is 9.53 Å². The smallest absolute Gasteiger partial charge is 0.363 e. The number of esters is 1. The summed E-state index contributed by atoms with van der Waals surface area (Å²) in [5.41, 5.74) is 3.16. The van der Waals surface area contributed by atoms with Gasteiger partial charge in [0.1, 0.15) is 0 Å². The zero-order valence-corrected chi connectivity index (χ0v) is 12.9. The Morgan fingerprint density at radius 2 is 1.90 bits per heavy atom. The molecule has 0 fully saturated rings. The molecule has 104 valence electrons. The molecule has 4 heteroatoms. The highest BCUT2D eigenvalue weighted by Crippen LogP contribution is 2.20. The van der Waals surface area contributed by atoms with Gasteiger partial charge in [0, 0.05) is 10.0 Å². The average molecular weight is 342 g/mol. The number of aryl methyl sites for hydroxylation is 1. The van der Waals surface area contributed by atoms with E-state index in [0.29, 0.717) is 11.6 Å². The van der Waals surface area contributed by atoms with Crippen LogP contribution in [0.3, 0.4) is 0 Å². The van der Waals surface area contributed by atoms with Crippen LogP contribution in [0.1, 0.15) is 16.7 Å². The van der Waals surface area contributed by atoms with Gasteiger partial charge in [-0.1, -0.05) is 45.8 Å². The molecule has 0 saturated heterocycles. The van der Waals surface area contributed by atoms with Crippen molar-refractivity contribution in [3.63, 3.8) is 0 Å². The lowest BCUT2D eigenvalue weighted by Crippen LogP contribution is -2.05. The van der Waals surface area contributed by atoms with Crippen molar-refractivity contribution in [1.29, 1.82) is 0 Å². The predicted molar refractivity (Wildman–Crippen MR) is 85.9 cm³/mol. The summed E-state index contributed by atoms with van der Waals surface area (Å²) < 4.78 is 6.19. The number of rotatable bonds is 2. The molecule has 1 aliphatic rings. The van der Waals surface area contributed by atoms with Gasteiger partial charge in [-0.05, 0) is 42.8 Å². The summed E-state index contributed by atoms with van der Waals surface area (Å²) in [5, 5.41) is 0. The predicted octanol–water partition coefficient (Wildman–Crippen LogP) is 4.10. The Kier molecular flexibility index (Phi) is 3.71. The summed E-state index contributed by atoms with van der Waals surface area (Å²) >= 11 is 3.37. The number of cyclic esters (lactones) is 1. The first-order valence-corrected chi connectivity index (χ1v) is 7.26. The number of carbonyl (C=O) groups is 1. The summed E-state index contributed by atoms with van der Waals surface area (Å²) in [4.78, 5) is 16.2. The van der Waals surface area contributed by atoms with Gasteiger partial charge in [-0.15, -0.1) is 0 Å². The second kappa shape index (κ2) is 5.66. The van der Waals surface area contributed by atoms with Gasteiger partial charge in [0.15, 0.2) is 5.70 Å². The minimum Gasteiger partial charge on any atom is -0.402 e. The second-order valence-corrected chi connectivity index (χ2v) is 5.67. The largest absolute Gasteiger partial charge is 0.402 e. The number of hydrogen-bond donors (Lipinski definition) is 0. The molecule has 0 spiro atoms. The molecule has 0 atom stereocenters. The van der Waals surface area contributed by atoms with E-state index in [1.165, 1.54) is 0 Å². The molecule has 0 bridgehead atoms. The molecule has 21 heavy (non-hydrogen) atoms. The summed E-state index contributed by atoms with van der Waals surface area (Å²) in [6.07, 6.45) is 1.74. The third-order valence-corrected chi connectivity index (χ3v) is 3.59. The van der Waals surface area contributed by atoms with E-state index in [1.807, 2.05) is 55.5 Å². The maximum absolute atomic E-state index is 11.9. The summed E-state index contributed by atoms with van der Waals surface area (Å²) in [6, 6.07) is 15.3. The molecule has 1 aliphatic heterocycles. The van der Waals surface area contributed by atoms with Gasteiger partial charge in [-0.25, -0.2) is 9.79 Å². The lowest BCUT2D eigenvalue weighted by molar-refractivity contribution is -0.129. The van der Waals surface area contributed by atoms with E-state index in [1.54, 1.807) is 6.08 Å². The van der Waals surface area contributed by atoms with E-state index in [-0.39, 0.29) is 0 Å². The van der Waals surface area contributed by atoms with Crippen molar-refractivity contribution in [3.8, 4) is 0 Å². The Balaban J connectivity index is 1.93. The van der Waals surface area contributed by atoms with Crippen LogP contribution in [0, 0.1) is 6.92 Å². The zero-order valence-electron chi connectivity index (χ0n) is 11.3. The van der Waals surface area contributed by atoms with Crippen molar-refractivity contribution in [3.05, 3.63) is 75.4 Å². The molecule has 0 radical (unpaired) electrons. The number of aliphatic imine (C=N–C) groups is 1. The van der Waals surface area contributed by atoms with Crippen LogP contribution < -0.4 is 0 Å². The summed E-state index contributed by atoms with van der Waals surface area (Å²) in [7, 11) is 0. The van der Waals surface area contributed by atoms with Crippen LogP contribution in [-0.4, -0.2) is 11.9 Å². The molecule has 0 aliphatic carbocycles. The van der Waals surface area contributed by atoms with E-state index in [2.05, 4.69) is 20.9 Å². The van der Waals surface area contributed by atoms with E-state index < -0.39 is 5.97 Å². The first kappa shape index (κ1) is 13.8. The SMILES string of the molecule is Cc1cccc(C=C2N=C(c3ccc(Br)cc3)OC2=O)c1. The average Bonchev–Trinajstić information content (AvgIpc) is 2.81. The third-order valence-electron chi connectivity index (χ3n) is 3.06. The van der Waals surface area contributed by atoms with Crippen LogP contribution in [0.5, 0.6) is 0 Å². The highest BCUT2D eigenvalue weighted by atomic mass is 79.9. The Bertz CT molecular complexity index is 761. The Morgan fingerprint density at radius 3 is 2.62 bits per heavy atom. The maximum Gasteiger partial charge on any atom is 0.363 e. The zero-order chi connectivity index (χ0) is 14.8. The highest BCUT2D eigenvalue weighted by Gasteiger charge is 2.23. The number of halogens is 1. The molecule has 0 N–H and O–H groups in total. The van der Waals surface area contributed by atoms with Gasteiger partial charge < -0.3 is 4.74 Å². The quantitative estimate of drug-likeness (QED) is 0.609. The fraction of sp³-hybridized carbons (Fsp3) is 0.0588. The summed E-state index contributed by atoms with van der Waals surface area (Å²) in [6.45, 7) is 2.01. The number of benzene rings is 2. The molecular formula is C17H12BrNO2. The summed E-state index contributed by atoms with van der Waals surface area (Å²) in [5.74, 6) is -0.0826. The van der Waals surface area contributed by atoms with Crippen LogP contribution in [0.15, 0.2) is 63.7 Å². The fourth-order valence-electron chi connectivity index (χ4n) is 2.04. The fourth-order valence-corrected chi connectivity index (χ4v) is 2.31. The standard InChI is InChI=1S/C17H12BrNO2/c1-11-3-2-4-12(9-11)10-15-17(20)21-16(19-15)13-5-7-14(18)8-6-13/h2-10H,1H3. The van der Waals surface area contributed by atoms with Crippen molar-refractivity contribution in [1.82, 2.24) is 0 Å². The van der Waals surface area contributed by atoms with Crippen molar-refractivity contribution in [2.75, 3.05) is 0 Å². The number of ether oxygens (including phenoxy) is 1. The Labute approximate surface area is 131 Å². The second-order valence-electron chi connectivity index (χ2n) is 4.76. The molecule has 2 aromatic rings. The third kappa shape index (κ3) is 3.11. The maximum atomic E-state index is 11.9. The number of nitrogens with zero attached hydrogens (tertiary/aromatic N) is 1. The molecule has 0 unspecified atom stereocenters. The van der Waals surface area contributed by atoms with E-state index in [9.17, 15) is 4.79 Å². The molecule has 0 aromatic heterocycles. The molecule has 0 amide bonds. The molecule has 2 aromatic carbocycles. The van der Waals surface area contributed by atoms with E-state index >= 15 is 0 Å². The number of hydrogen-bond acceptors (Lipinski definition) is 3. The van der Waals surface area contributed by atoms with Gasteiger partial charge in [-0.3, -0.25) is 0 Å². The molecular weight excluding hydrogens is 330 g/mol. The van der Waals surface area contributed by atoms with Crippen molar-refractivity contribution in [2.24, 2.45) is 4.99 Å². The molecule has 3 nitrogen and oxygen atoms in total. The molecule has 1 heterocycles. The van der Waals surface area contributed by atoms with Crippen LogP contribution in [0.2, 0.25) is 0 Å². The lowest BCUT2D eigenvalue weighted by atomic mass is 10.1. The van der Waals surface area contributed by atoms with Gasteiger partial charge in [-0.2, -0.15) is 0 Å².